The molecule has 4 heteroatoms. The van der Waals surface area contributed by atoms with Crippen molar-refractivity contribution in [2.24, 2.45) is 5.10 Å². The Kier molecular flexibility index (Phi) is 2.02. The van der Waals surface area contributed by atoms with Crippen LogP contribution in [0.1, 0.15) is 12.0 Å². The Bertz CT molecular complexity index is 387. The van der Waals surface area contributed by atoms with Crippen molar-refractivity contribution in [3.05, 3.63) is 34.9 Å². The van der Waals surface area contributed by atoms with Gasteiger partial charge in [0.1, 0.15) is 0 Å². The minimum Gasteiger partial charge on any atom is -0.273 e. The number of halogens is 1. The topological polar surface area (TPSA) is 41.5 Å². The molecule has 1 aliphatic rings. The molecule has 1 aromatic rings. The van der Waals surface area contributed by atoms with Gasteiger partial charge in [-0.2, -0.15) is 5.10 Å². The fourth-order valence-corrected chi connectivity index (χ4v) is 1.46. The van der Waals surface area contributed by atoms with E-state index in [0.717, 1.165) is 5.56 Å². The van der Waals surface area contributed by atoms with Crippen LogP contribution in [0.5, 0.6) is 0 Å². The van der Waals surface area contributed by atoms with Crippen LogP contribution in [0.25, 0.3) is 0 Å². The van der Waals surface area contributed by atoms with Crippen molar-refractivity contribution in [3.63, 3.8) is 0 Å². The maximum Gasteiger partial charge on any atom is 0.246 e. The van der Waals surface area contributed by atoms with Crippen LogP contribution in [0, 0.1) is 0 Å². The fourth-order valence-electron chi connectivity index (χ4n) is 1.21. The zero-order chi connectivity index (χ0) is 9.26. The molecule has 2 rings (SSSR count). The Morgan fingerprint density at radius 1 is 1.38 bits per heavy atom. The third kappa shape index (κ3) is 1.55. The van der Waals surface area contributed by atoms with Crippen LogP contribution in [0.3, 0.4) is 0 Å². The molecule has 1 aliphatic heterocycles. The average Bonchev–Trinajstić information content (AvgIpc) is 2.53. The number of amides is 1. The van der Waals surface area contributed by atoms with E-state index in [0.29, 0.717) is 17.2 Å². The van der Waals surface area contributed by atoms with Gasteiger partial charge in [-0.3, -0.25) is 4.79 Å². The normalized spacial score (nSPS) is 15.5. The molecule has 0 atom stereocenters. The maximum absolute atomic E-state index is 10.9. The van der Waals surface area contributed by atoms with E-state index in [1.165, 1.54) is 0 Å². The van der Waals surface area contributed by atoms with E-state index >= 15 is 0 Å². The summed E-state index contributed by atoms with van der Waals surface area (Å²) in [5.74, 6) is -0.0880. The maximum atomic E-state index is 10.9. The lowest BCUT2D eigenvalue weighted by Gasteiger charge is -1.99. The zero-order valence-corrected chi connectivity index (χ0v) is 7.51. The van der Waals surface area contributed by atoms with Crippen molar-refractivity contribution in [2.45, 2.75) is 6.42 Å². The number of hydrogen-bond acceptors (Lipinski definition) is 2. The van der Waals surface area contributed by atoms with E-state index in [1.807, 2.05) is 18.2 Å². The Hall–Kier alpha value is -1.35. The molecule has 3 nitrogen and oxygen atoms in total. The molecule has 0 saturated heterocycles. The monoisotopic (exact) mass is 194 g/mol. The van der Waals surface area contributed by atoms with Gasteiger partial charge >= 0.3 is 0 Å². The predicted octanol–water partition coefficient (Wildman–Crippen LogP) is 1.56. The van der Waals surface area contributed by atoms with Gasteiger partial charge in [0.15, 0.2) is 0 Å². The number of nitrogens with one attached hydrogen (secondary N) is 1. The van der Waals surface area contributed by atoms with Crippen molar-refractivity contribution in [2.75, 3.05) is 0 Å². The smallest absolute Gasteiger partial charge is 0.246 e. The number of nitrogens with zero attached hydrogens (tertiary/aromatic N) is 1. The van der Waals surface area contributed by atoms with E-state index in [2.05, 4.69) is 10.5 Å². The van der Waals surface area contributed by atoms with Gasteiger partial charge in [0.25, 0.3) is 0 Å². The molecule has 0 unspecified atom stereocenters. The molecule has 66 valence electrons. The highest BCUT2D eigenvalue weighted by Crippen LogP contribution is 2.18. The molecule has 1 heterocycles. The van der Waals surface area contributed by atoms with Gasteiger partial charge in [-0.15, -0.1) is 0 Å². The lowest BCUT2D eigenvalue weighted by atomic mass is 10.1. The largest absolute Gasteiger partial charge is 0.273 e. The van der Waals surface area contributed by atoms with Crippen molar-refractivity contribution in [1.29, 1.82) is 0 Å². The van der Waals surface area contributed by atoms with Gasteiger partial charge in [-0.1, -0.05) is 29.8 Å². The lowest BCUT2D eigenvalue weighted by Crippen LogP contribution is -2.09. The lowest BCUT2D eigenvalue weighted by molar-refractivity contribution is -0.119. The first-order chi connectivity index (χ1) is 6.27. The Labute approximate surface area is 80.4 Å². The first-order valence-corrected chi connectivity index (χ1v) is 4.25. The highest BCUT2D eigenvalue weighted by Gasteiger charge is 2.17. The van der Waals surface area contributed by atoms with E-state index in [9.17, 15) is 4.79 Å². The third-order valence-electron chi connectivity index (χ3n) is 1.83. The van der Waals surface area contributed by atoms with E-state index in [4.69, 9.17) is 11.6 Å². The Balaban J connectivity index is 2.37. The number of benzene rings is 1. The molecule has 0 aliphatic carbocycles. The first kappa shape index (κ1) is 8.26. The van der Waals surface area contributed by atoms with E-state index < -0.39 is 0 Å². The second kappa shape index (κ2) is 3.18. The number of hydrazone groups is 1. The highest BCUT2D eigenvalue weighted by atomic mass is 35.5. The second-order valence-corrected chi connectivity index (χ2v) is 3.16. The minimum absolute atomic E-state index is 0.0880. The van der Waals surface area contributed by atoms with Gasteiger partial charge < -0.3 is 0 Å². The highest BCUT2D eigenvalue weighted by molar-refractivity contribution is 6.35. The Morgan fingerprint density at radius 3 is 2.77 bits per heavy atom. The van der Waals surface area contributed by atoms with Gasteiger partial charge in [0.2, 0.25) is 5.91 Å². The molecule has 0 spiro atoms. The van der Waals surface area contributed by atoms with Crippen molar-refractivity contribution in [1.82, 2.24) is 5.43 Å². The van der Waals surface area contributed by atoms with Crippen LogP contribution in [-0.4, -0.2) is 11.6 Å². The molecule has 0 saturated carbocycles. The van der Waals surface area contributed by atoms with E-state index in [1.54, 1.807) is 6.07 Å². The quantitative estimate of drug-likeness (QED) is 0.725. The summed E-state index contributed by atoms with van der Waals surface area (Å²) in [6.45, 7) is 0. The average molecular weight is 195 g/mol. The molecule has 1 aromatic carbocycles. The fraction of sp³-hybridized carbons (Fsp3) is 0.111. The van der Waals surface area contributed by atoms with Crippen LogP contribution < -0.4 is 5.43 Å². The number of carbonyl (C=O) groups is 1. The molecule has 1 N–H and O–H groups in total. The summed E-state index contributed by atoms with van der Waals surface area (Å²) in [7, 11) is 0. The van der Waals surface area contributed by atoms with Gasteiger partial charge in [0.05, 0.1) is 12.1 Å². The van der Waals surface area contributed by atoms with Gasteiger partial charge in [0, 0.05) is 10.6 Å². The summed E-state index contributed by atoms with van der Waals surface area (Å²) in [4.78, 5) is 10.9. The molecule has 0 radical (unpaired) electrons. The van der Waals surface area contributed by atoms with Crippen LogP contribution >= 0.6 is 11.6 Å². The zero-order valence-electron chi connectivity index (χ0n) is 6.75. The van der Waals surface area contributed by atoms with Crippen LogP contribution in [0.4, 0.5) is 0 Å². The summed E-state index contributed by atoms with van der Waals surface area (Å²) >= 11 is 5.93. The Morgan fingerprint density at radius 2 is 2.15 bits per heavy atom. The van der Waals surface area contributed by atoms with Crippen molar-refractivity contribution >= 4 is 23.2 Å². The van der Waals surface area contributed by atoms with Crippen LogP contribution in [0.2, 0.25) is 5.02 Å². The predicted molar refractivity (Wildman–Crippen MR) is 50.7 cm³/mol. The van der Waals surface area contributed by atoms with E-state index in [-0.39, 0.29) is 5.91 Å². The summed E-state index contributed by atoms with van der Waals surface area (Å²) < 4.78 is 0. The van der Waals surface area contributed by atoms with Gasteiger partial charge in [-0.25, -0.2) is 5.43 Å². The van der Waals surface area contributed by atoms with Crippen molar-refractivity contribution in [3.8, 4) is 0 Å². The molecule has 0 aromatic heterocycles. The first-order valence-electron chi connectivity index (χ1n) is 3.87. The molecule has 13 heavy (non-hydrogen) atoms. The minimum atomic E-state index is -0.0880. The van der Waals surface area contributed by atoms with Crippen LogP contribution in [0.15, 0.2) is 29.4 Å². The summed E-state index contributed by atoms with van der Waals surface area (Å²) in [6.07, 6.45) is 0.309. The standard InChI is InChI=1S/C9H7ClN2O/c10-7-4-2-1-3-6(7)8-5-9(13)12-11-8/h1-4H,5H2,(H,12,13). The van der Waals surface area contributed by atoms with Gasteiger partial charge in [-0.05, 0) is 6.07 Å². The molecular weight excluding hydrogens is 188 g/mol. The van der Waals surface area contributed by atoms with Crippen molar-refractivity contribution < 1.29 is 4.79 Å². The van der Waals surface area contributed by atoms with Crippen LogP contribution in [-0.2, 0) is 4.79 Å². The SMILES string of the molecule is O=C1CC(c2ccccc2Cl)=NN1. The summed E-state index contributed by atoms with van der Waals surface area (Å²) in [5, 5.41) is 4.50. The summed E-state index contributed by atoms with van der Waals surface area (Å²) in [6, 6.07) is 7.34. The molecule has 0 bridgehead atoms. The number of hydrogen-bond donors (Lipinski definition) is 1. The number of carbonyl (C=O) groups excluding carboxylic acids is 1. The second-order valence-electron chi connectivity index (χ2n) is 2.75. The molecule has 1 amide bonds. The number of rotatable bonds is 1. The molecule has 0 fully saturated rings. The molecular formula is C9H7ClN2O. The third-order valence-corrected chi connectivity index (χ3v) is 2.16. The summed E-state index contributed by atoms with van der Waals surface area (Å²) in [5.41, 5.74) is 3.91.